The average Bonchev–Trinajstić information content (AvgIpc) is 2.78. The highest BCUT2D eigenvalue weighted by molar-refractivity contribution is 7.12. The number of rotatable bonds is 5. The molecule has 17 heavy (non-hydrogen) atoms. The average molecular weight is 257 g/mol. The molecule has 7 nitrogen and oxygen atoms in total. The minimum atomic E-state index is -1.06. The van der Waals surface area contributed by atoms with Crippen LogP contribution in [0.4, 0.5) is 0 Å². The van der Waals surface area contributed by atoms with E-state index in [0.717, 1.165) is 0 Å². The fraction of sp³-hybridized carbons (Fsp3) is 0.222. The summed E-state index contributed by atoms with van der Waals surface area (Å²) in [5.41, 5.74) is 4.36. The van der Waals surface area contributed by atoms with E-state index in [1.54, 1.807) is 17.5 Å². The Kier molecular flexibility index (Phi) is 5.11. The van der Waals surface area contributed by atoms with Gasteiger partial charge in [-0.15, -0.1) is 11.3 Å². The van der Waals surface area contributed by atoms with Crippen molar-refractivity contribution >= 4 is 29.1 Å². The first-order valence-electron chi connectivity index (χ1n) is 4.65. The van der Waals surface area contributed by atoms with Crippen LogP contribution in [0.1, 0.15) is 9.67 Å². The molecule has 1 aromatic heterocycles. The fourth-order valence-electron chi connectivity index (χ4n) is 0.923. The quantitative estimate of drug-likeness (QED) is 0.516. The van der Waals surface area contributed by atoms with Gasteiger partial charge in [0.15, 0.2) is 0 Å². The van der Waals surface area contributed by atoms with Gasteiger partial charge in [0.2, 0.25) is 0 Å². The van der Waals surface area contributed by atoms with Gasteiger partial charge < -0.3 is 5.11 Å². The molecular formula is C9H11N3O4S. The number of hydrazine groups is 1. The molecule has 4 N–H and O–H groups in total. The summed E-state index contributed by atoms with van der Waals surface area (Å²) in [6, 6.07) is 3.34. The molecule has 0 aliphatic heterocycles. The Balaban J connectivity index is 2.20. The van der Waals surface area contributed by atoms with E-state index < -0.39 is 17.8 Å². The number of aliphatic carboxylic acids is 1. The van der Waals surface area contributed by atoms with E-state index in [9.17, 15) is 14.4 Å². The first-order chi connectivity index (χ1) is 8.09. The SMILES string of the molecule is O=C(O)CNCC(=O)NNC(=O)c1cccs1. The lowest BCUT2D eigenvalue weighted by Crippen LogP contribution is -2.45. The summed E-state index contributed by atoms with van der Waals surface area (Å²) in [6.07, 6.45) is 0. The third-order valence-corrected chi connectivity index (χ3v) is 2.49. The lowest BCUT2D eigenvalue weighted by molar-refractivity contribution is -0.136. The number of thiophene rings is 1. The van der Waals surface area contributed by atoms with Crippen molar-refractivity contribution < 1.29 is 19.5 Å². The zero-order chi connectivity index (χ0) is 12.7. The zero-order valence-electron chi connectivity index (χ0n) is 8.73. The van der Waals surface area contributed by atoms with E-state index in [1.165, 1.54) is 11.3 Å². The van der Waals surface area contributed by atoms with Crippen molar-refractivity contribution in [3.05, 3.63) is 22.4 Å². The van der Waals surface area contributed by atoms with Crippen molar-refractivity contribution in [1.29, 1.82) is 0 Å². The Morgan fingerprint density at radius 2 is 2.00 bits per heavy atom. The van der Waals surface area contributed by atoms with Gasteiger partial charge >= 0.3 is 5.97 Å². The number of hydrogen-bond donors (Lipinski definition) is 4. The number of hydrogen-bond acceptors (Lipinski definition) is 5. The molecule has 0 aliphatic carbocycles. The first kappa shape index (κ1) is 13.1. The Labute approximate surface area is 101 Å². The van der Waals surface area contributed by atoms with Gasteiger partial charge in [0, 0.05) is 0 Å². The molecule has 0 aliphatic rings. The van der Waals surface area contributed by atoms with Gasteiger partial charge in [-0.1, -0.05) is 6.07 Å². The van der Waals surface area contributed by atoms with E-state index >= 15 is 0 Å². The van der Waals surface area contributed by atoms with Gasteiger partial charge in [0.1, 0.15) is 0 Å². The minimum Gasteiger partial charge on any atom is -0.480 e. The standard InChI is InChI=1S/C9H11N3O4S/c13-7(4-10-5-8(14)15)11-12-9(16)6-2-1-3-17-6/h1-3,10H,4-5H2,(H,11,13)(H,12,16)(H,14,15). The summed E-state index contributed by atoms with van der Waals surface area (Å²) in [6.45, 7) is -0.497. The molecule has 0 radical (unpaired) electrons. The van der Waals surface area contributed by atoms with Crippen LogP contribution in [0.5, 0.6) is 0 Å². The van der Waals surface area contributed by atoms with Gasteiger partial charge in [0.05, 0.1) is 18.0 Å². The third-order valence-electron chi connectivity index (χ3n) is 1.62. The van der Waals surface area contributed by atoms with Gasteiger partial charge in [-0.3, -0.25) is 30.6 Å². The lowest BCUT2D eigenvalue weighted by Gasteiger charge is -2.06. The molecule has 92 valence electrons. The van der Waals surface area contributed by atoms with E-state index in [0.29, 0.717) is 4.88 Å². The Morgan fingerprint density at radius 1 is 1.24 bits per heavy atom. The summed E-state index contributed by atoms with van der Waals surface area (Å²) in [5, 5.41) is 12.4. The maximum atomic E-state index is 11.4. The number of amides is 2. The smallest absolute Gasteiger partial charge is 0.317 e. The molecule has 1 rings (SSSR count). The molecule has 2 amide bonds. The van der Waals surface area contributed by atoms with Crippen molar-refractivity contribution in [2.45, 2.75) is 0 Å². The third kappa shape index (κ3) is 5.09. The van der Waals surface area contributed by atoms with Gasteiger partial charge in [-0.05, 0) is 11.4 Å². The fourth-order valence-corrected chi connectivity index (χ4v) is 1.54. The second-order valence-electron chi connectivity index (χ2n) is 2.98. The van der Waals surface area contributed by atoms with E-state index in [2.05, 4.69) is 16.2 Å². The Bertz CT molecular complexity index is 404. The van der Waals surface area contributed by atoms with Crippen LogP contribution in [0.25, 0.3) is 0 Å². The van der Waals surface area contributed by atoms with Crippen LogP contribution in [-0.2, 0) is 9.59 Å². The van der Waals surface area contributed by atoms with Crippen molar-refractivity contribution in [3.63, 3.8) is 0 Å². The summed E-state index contributed by atoms with van der Waals surface area (Å²) < 4.78 is 0. The predicted molar refractivity (Wildman–Crippen MR) is 60.4 cm³/mol. The van der Waals surface area contributed by atoms with Gasteiger partial charge in [-0.2, -0.15) is 0 Å². The second kappa shape index (κ2) is 6.61. The Hall–Kier alpha value is -1.93. The van der Waals surface area contributed by atoms with Crippen LogP contribution in [-0.4, -0.2) is 36.0 Å². The molecule has 8 heteroatoms. The lowest BCUT2D eigenvalue weighted by atomic mass is 10.4. The first-order valence-corrected chi connectivity index (χ1v) is 5.53. The molecule has 0 aromatic carbocycles. The highest BCUT2D eigenvalue weighted by atomic mass is 32.1. The molecule has 0 saturated heterocycles. The number of nitrogens with one attached hydrogen (secondary N) is 3. The molecule has 1 heterocycles. The van der Waals surface area contributed by atoms with Crippen molar-refractivity contribution in [3.8, 4) is 0 Å². The highest BCUT2D eigenvalue weighted by Gasteiger charge is 2.07. The molecule has 0 fully saturated rings. The van der Waals surface area contributed by atoms with E-state index in [1.807, 2.05) is 0 Å². The normalized spacial score (nSPS) is 9.65. The monoisotopic (exact) mass is 257 g/mol. The second-order valence-corrected chi connectivity index (χ2v) is 3.92. The Morgan fingerprint density at radius 3 is 2.59 bits per heavy atom. The van der Waals surface area contributed by atoms with Crippen LogP contribution in [0.15, 0.2) is 17.5 Å². The minimum absolute atomic E-state index is 0.184. The summed E-state index contributed by atoms with van der Waals surface area (Å²) in [5.74, 6) is -1.98. The topological polar surface area (TPSA) is 108 Å². The molecule has 0 bridgehead atoms. The van der Waals surface area contributed by atoms with Crippen molar-refractivity contribution in [1.82, 2.24) is 16.2 Å². The molecule has 0 saturated carbocycles. The summed E-state index contributed by atoms with van der Waals surface area (Å²) >= 11 is 1.25. The maximum absolute atomic E-state index is 11.4. The number of carboxylic acid groups (broad SMARTS) is 1. The zero-order valence-corrected chi connectivity index (χ0v) is 9.54. The van der Waals surface area contributed by atoms with Gasteiger partial charge in [0.25, 0.3) is 11.8 Å². The van der Waals surface area contributed by atoms with E-state index in [-0.39, 0.29) is 13.1 Å². The molecular weight excluding hydrogens is 246 g/mol. The highest BCUT2D eigenvalue weighted by Crippen LogP contribution is 2.06. The number of carbonyl (C=O) groups excluding carboxylic acids is 2. The maximum Gasteiger partial charge on any atom is 0.317 e. The molecule has 0 spiro atoms. The number of carbonyl (C=O) groups is 3. The summed E-state index contributed by atoms with van der Waals surface area (Å²) in [7, 11) is 0. The van der Waals surface area contributed by atoms with Crippen LogP contribution in [0, 0.1) is 0 Å². The van der Waals surface area contributed by atoms with Crippen molar-refractivity contribution in [2.24, 2.45) is 0 Å². The van der Waals surface area contributed by atoms with Crippen molar-refractivity contribution in [2.75, 3.05) is 13.1 Å². The summed E-state index contributed by atoms with van der Waals surface area (Å²) in [4.78, 5) is 33.1. The predicted octanol–water partition coefficient (Wildman–Crippen LogP) is -0.817. The van der Waals surface area contributed by atoms with Crippen LogP contribution in [0.2, 0.25) is 0 Å². The number of carboxylic acids is 1. The molecule has 1 aromatic rings. The van der Waals surface area contributed by atoms with Crippen LogP contribution >= 0.6 is 11.3 Å². The largest absolute Gasteiger partial charge is 0.480 e. The molecule has 0 unspecified atom stereocenters. The van der Waals surface area contributed by atoms with Crippen LogP contribution < -0.4 is 16.2 Å². The molecule has 0 atom stereocenters. The van der Waals surface area contributed by atoms with Gasteiger partial charge in [-0.25, -0.2) is 0 Å². The van der Waals surface area contributed by atoms with E-state index in [4.69, 9.17) is 5.11 Å². The van der Waals surface area contributed by atoms with Crippen LogP contribution in [0.3, 0.4) is 0 Å².